The Kier molecular flexibility index (Phi) is 4.62. The first-order valence-corrected chi connectivity index (χ1v) is 9.46. The van der Waals surface area contributed by atoms with Crippen molar-refractivity contribution in [2.75, 3.05) is 13.2 Å². The van der Waals surface area contributed by atoms with Crippen LogP contribution in [-0.2, 0) is 20.5 Å². The van der Waals surface area contributed by atoms with E-state index >= 15 is 0 Å². The lowest BCUT2D eigenvalue weighted by Crippen LogP contribution is -2.65. The van der Waals surface area contributed by atoms with Crippen LogP contribution in [0.3, 0.4) is 0 Å². The summed E-state index contributed by atoms with van der Waals surface area (Å²) >= 11 is 0. The Balaban J connectivity index is 1.74. The van der Waals surface area contributed by atoms with Crippen LogP contribution in [0.4, 0.5) is 4.39 Å². The van der Waals surface area contributed by atoms with E-state index in [-0.39, 0.29) is 17.2 Å². The average Bonchev–Trinajstić information content (AvgIpc) is 2.56. The van der Waals surface area contributed by atoms with Crippen molar-refractivity contribution in [3.63, 3.8) is 0 Å². The molecule has 0 aromatic heterocycles. The highest BCUT2D eigenvalue weighted by Gasteiger charge is 2.55. The minimum Gasteiger partial charge on any atom is -0.392 e. The first-order chi connectivity index (χ1) is 11.4. The Bertz CT molecular complexity index is 769. The lowest BCUT2D eigenvalue weighted by molar-refractivity contribution is -0.143. The molecular weight excluding hydrogens is 335 g/mol. The number of halogens is 1. The van der Waals surface area contributed by atoms with Crippen molar-refractivity contribution < 1.29 is 22.7 Å². The highest BCUT2D eigenvalue weighted by atomic mass is 32.2. The lowest BCUT2D eigenvalue weighted by Gasteiger charge is -2.55. The number of rotatable bonds is 4. The van der Waals surface area contributed by atoms with Crippen molar-refractivity contribution in [1.82, 2.24) is 4.72 Å². The van der Waals surface area contributed by atoms with Gasteiger partial charge in [0.2, 0.25) is 10.0 Å². The lowest BCUT2D eigenvalue weighted by atomic mass is 9.58. The molecule has 0 bridgehead atoms. The van der Waals surface area contributed by atoms with E-state index in [1.807, 2.05) is 6.07 Å². The summed E-state index contributed by atoms with van der Waals surface area (Å²) in [6.45, 7) is 1.01. The van der Waals surface area contributed by atoms with Crippen LogP contribution in [0.2, 0.25) is 0 Å². The summed E-state index contributed by atoms with van der Waals surface area (Å²) in [4.78, 5) is 0. The fourth-order valence-electron chi connectivity index (χ4n) is 3.60. The summed E-state index contributed by atoms with van der Waals surface area (Å²) in [5.74, 6) is -0.973. The largest absolute Gasteiger partial charge is 0.392 e. The molecule has 0 amide bonds. The Morgan fingerprint density at radius 2 is 2.12 bits per heavy atom. The summed E-state index contributed by atoms with van der Waals surface area (Å²) in [7, 11) is -3.71. The third-order valence-corrected chi connectivity index (χ3v) is 6.43. The van der Waals surface area contributed by atoms with Gasteiger partial charge in [-0.2, -0.15) is 5.26 Å². The molecule has 2 fully saturated rings. The number of nitrogens with one attached hydrogen (secondary N) is 1. The SMILES string of the molecule is N#Cc1cc(F)ccc1CS(=O)(=O)N[C@@H]1C[C@@H](O)C12CCOCC2. The van der Waals surface area contributed by atoms with Crippen molar-refractivity contribution in [3.8, 4) is 6.07 Å². The van der Waals surface area contributed by atoms with Crippen LogP contribution in [-0.4, -0.2) is 38.9 Å². The summed E-state index contributed by atoms with van der Waals surface area (Å²) in [5, 5.41) is 19.2. The van der Waals surface area contributed by atoms with Crippen LogP contribution in [0.5, 0.6) is 0 Å². The number of nitriles is 1. The van der Waals surface area contributed by atoms with Gasteiger partial charge in [0, 0.05) is 24.7 Å². The molecule has 8 heteroatoms. The predicted molar refractivity (Wildman–Crippen MR) is 83.8 cm³/mol. The molecule has 130 valence electrons. The molecule has 1 saturated carbocycles. The van der Waals surface area contributed by atoms with E-state index < -0.39 is 33.1 Å². The van der Waals surface area contributed by atoms with Gasteiger partial charge in [0.05, 0.1) is 23.5 Å². The smallest absolute Gasteiger partial charge is 0.216 e. The molecule has 0 radical (unpaired) electrons. The second kappa shape index (κ2) is 6.41. The molecule has 2 aliphatic rings. The van der Waals surface area contributed by atoms with Gasteiger partial charge in [-0.25, -0.2) is 17.5 Å². The van der Waals surface area contributed by atoms with E-state index in [9.17, 15) is 17.9 Å². The fraction of sp³-hybridized carbons (Fsp3) is 0.562. The number of hydrogen-bond acceptors (Lipinski definition) is 5. The highest BCUT2D eigenvalue weighted by Crippen LogP contribution is 2.49. The number of aliphatic hydroxyl groups is 1. The summed E-state index contributed by atoms with van der Waals surface area (Å²) in [6, 6.07) is 4.95. The molecule has 1 aromatic carbocycles. The van der Waals surface area contributed by atoms with E-state index in [0.717, 1.165) is 12.1 Å². The Hall–Kier alpha value is -1.53. The van der Waals surface area contributed by atoms with E-state index in [1.165, 1.54) is 6.07 Å². The van der Waals surface area contributed by atoms with Crippen LogP contribution >= 0.6 is 0 Å². The molecule has 1 spiro atoms. The Labute approximate surface area is 140 Å². The fourth-order valence-corrected chi connectivity index (χ4v) is 5.11. The molecular formula is C16H19FN2O4S. The van der Waals surface area contributed by atoms with Gasteiger partial charge in [-0.05, 0) is 37.0 Å². The third-order valence-electron chi connectivity index (χ3n) is 5.10. The molecule has 1 aromatic rings. The van der Waals surface area contributed by atoms with Gasteiger partial charge in [-0.3, -0.25) is 0 Å². The van der Waals surface area contributed by atoms with E-state index in [2.05, 4.69) is 4.72 Å². The van der Waals surface area contributed by atoms with Crippen LogP contribution in [0.25, 0.3) is 0 Å². The van der Waals surface area contributed by atoms with Gasteiger partial charge >= 0.3 is 0 Å². The van der Waals surface area contributed by atoms with Crippen molar-refractivity contribution >= 4 is 10.0 Å². The molecule has 6 nitrogen and oxygen atoms in total. The van der Waals surface area contributed by atoms with Gasteiger partial charge in [-0.1, -0.05) is 6.07 Å². The molecule has 1 heterocycles. The summed E-state index contributed by atoms with van der Waals surface area (Å²) < 4.78 is 46.0. The maximum atomic E-state index is 13.2. The molecule has 2 N–H and O–H groups in total. The number of aliphatic hydroxyl groups excluding tert-OH is 1. The van der Waals surface area contributed by atoms with E-state index in [1.54, 1.807) is 0 Å². The zero-order valence-electron chi connectivity index (χ0n) is 13.0. The van der Waals surface area contributed by atoms with E-state index in [0.29, 0.717) is 32.5 Å². The highest BCUT2D eigenvalue weighted by molar-refractivity contribution is 7.88. The first kappa shape index (κ1) is 17.3. The predicted octanol–water partition coefficient (Wildman–Crippen LogP) is 1.05. The number of sulfonamides is 1. The normalized spacial score (nSPS) is 25.9. The van der Waals surface area contributed by atoms with Gasteiger partial charge < -0.3 is 9.84 Å². The number of nitrogens with zero attached hydrogens (tertiary/aromatic N) is 1. The Morgan fingerprint density at radius 1 is 1.42 bits per heavy atom. The zero-order valence-corrected chi connectivity index (χ0v) is 13.9. The molecule has 3 rings (SSSR count). The van der Waals surface area contributed by atoms with Crippen LogP contribution in [0.1, 0.15) is 30.4 Å². The minimum atomic E-state index is -3.71. The molecule has 2 atom stereocenters. The number of hydrogen-bond donors (Lipinski definition) is 2. The molecule has 1 saturated heterocycles. The number of ether oxygens (including phenoxy) is 1. The summed E-state index contributed by atoms with van der Waals surface area (Å²) in [5.41, 5.74) is -0.200. The van der Waals surface area contributed by atoms with Crippen molar-refractivity contribution in [3.05, 3.63) is 35.1 Å². The van der Waals surface area contributed by atoms with Crippen LogP contribution in [0, 0.1) is 22.6 Å². The van der Waals surface area contributed by atoms with Gasteiger partial charge in [0.25, 0.3) is 0 Å². The maximum absolute atomic E-state index is 13.2. The average molecular weight is 354 g/mol. The van der Waals surface area contributed by atoms with Crippen molar-refractivity contribution in [2.45, 2.75) is 37.2 Å². The number of benzene rings is 1. The van der Waals surface area contributed by atoms with Gasteiger partial charge in [0.1, 0.15) is 5.82 Å². The maximum Gasteiger partial charge on any atom is 0.216 e. The van der Waals surface area contributed by atoms with E-state index in [4.69, 9.17) is 10.00 Å². The van der Waals surface area contributed by atoms with Gasteiger partial charge in [-0.15, -0.1) is 0 Å². The van der Waals surface area contributed by atoms with Crippen LogP contribution < -0.4 is 4.72 Å². The standard InChI is InChI=1S/C16H19FN2O4S/c17-13-2-1-11(12(7-13)9-18)10-24(21,22)19-14-8-15(20)16(14)3-5-23-6-4-16/h1-2,7,14-15,19-20H,3-6,8,10H2/t14-,15-/m1/s1. The molecule has 0 unspecified atom stereocenters. The van der Waals surface area contributed by atoms with Crippen molar-refractivity contribution in [2.24, 2.45) is 5.41 Å². The topological polar surface area (TPSA) is 99.4 Å². The van der Waals surface area contributed by atoms with Gasteiger partial charge in [0.15, 0.2) is 0 Å². The second-order valence-corrected chi connectivity index (χ2v) is 8.19. The minimum absolute atomic E-state index is 0.00907. The quantitative estimate of drug-likeness (QED) is 0.842. The monoisotopic (exact) mass is 354 g/mol. The zero-order chi connectivity index (χ0) is 17.4. The van der Waals surface area contributed by atoms with Crippen molar-refractivity contribution in [1.29, 1.82) is 5.26 Å². The molecule has 1 aliphatic heterocycles. The van der Waals surface area contributed by atoms with Crippen LogP contribution in [0.15, 0.2) is 18.2 Å². The summed E-state index contributed by atoms with van der Waals surface area (Å²) in [6.07, 6.45) is 1.06. The third kappa shape index (κ3) is 3.17. The Morgan fingerprint density at radius 3 is 2.75 bits per heavy atom. The molecule has 1 aliphatic carbocycles. The first-order valence-electron chi connectivity index (χ1n) is 7.81. The molecule has 24 heavy (non-hydrogen) atoms. The second-order valence-electron chi connectivity index (χ2n) is 6.44.